The Hall–Kier alpha value is -1.87. The van der Waals surface area contributed by atoms with Crippen molar-refractivity contribution in [3.63, 3.8) is 0 Å². The van der Waals surface area contributed by atoms with Gasteiger partial charge in [-0.1, -0.05) is 23.1 Å². The van der Waals surface area contributed by atoms with Gasteiger partial charge in [-0.2, -0.15) is 0 Å². The van der Waals surface area contributed by atoms with Crippen molar-refractivity contribution >= 4 is 34.1 Å². The molecule has 0 fully saturated rings. The van der Waals surface area contributed by atoms with Crippen LogP contribution in [0.2, 0.25) is 0 Å². The molecule has 2 aromatic heterocycles. The first kappa shape index (κ1) is 15.5. The number of methoxy groups -OCH3 is 1. The smallest absolute Gasteiger partial charge is 0.233 e. The van der Waals surface area contributed by atoms with E-state index in [9.17, 15) is 4.79 Å². The van der Waals surface area contributed by atoms with Crippen LogP contribution in [0.25, 0.3) is 0 Å². The fraction of sp³-hybridized carbons (Fsp3) is 0.333. The molecule has 21 heavy (non-hydrogen) atoms. The van der Waals surface area contributed by atoms with Crippen molar-refractivity contribution in [1.29, 1.82) is 0 Å². The summed E-state index contributed by atoms with van der Waals surface area (Å²) in [7, 11) is 3.33. The van der Waals surface area contributed by atoms with Gasteiger partial charge in [0.1, 0.15) is 5.75 Å². The molecular formula is C12H15N5O2S2. The van der Waals surface area contributed by atoms with E-state index in [2.05, 4.69) is 15.2 Å². The third-order valence-corrected chi connectivity index (χ3v) is 4.46. The van der Waals surface area contributed by atoms with Crippen molar-refractivity contribution < 1.29 is 9.53 Å². The molecule has 0 atom stereocenters. The zero-order valence-electron chi connectivity index (χ0n) is 11.6. The number of hydrogen-bond acceptors (Lipinski definition) is 8. The molecule has 112 valence electrons. The van der Waals surface area contributed by atoms with Crippen molar-refractivity contribution in [3.8, 4) is 5.75 Å². The van der Waals surface area contributed by atoms with E-state index in [1.807, 2.05) is 6.07 Å². The molecule has 0 aliphatic carbocycles. The average Bonchev–Trinajstić information content (AvgIpc) is 2.90. The maximum atomic E-state index is 12.1. The quantitative estimate of drug-likeness (QED) is 0.799. The van der Waals surface area contributed by atoms with Gasteiger partial charge in [0.05, 0.1) is 25.1 Å². The van der Waals surface area contributed by atoms with Crippen LogP contribution in [0.15, 0.2) is 22.7 Å². The highest BCUT2D eigenvalue weighted by molar-refractivity contribution is 8.01. The predicted octanol–water partition coefficient (Wildman–Crippen LogP) is 1.27. The highest BCUT2D eigenvalue weighted by atomic mass is 32.2. The van der Waals surface area contributed by atoms with Crippen molar-refractivity contribution in [3.05, 3.63) is 24.0 Å². The van der Waals surface area contributed by atoms with Gasteiger partial charge in [-0.3, -0.25) is 9.78 Å². The number of nitrogen functional groups attached to an aromatic ring is 1. The molecular weight excluding hydrogens is 310 g/mol. The Morgan fingerprint density at radius 3 is 3.00 bits per heavy atom. The van der Waals surface area contributed by atoms with Crippen LogP contribution in [0.5, 0.6) is 5.75 Å². The minimum Gasteiger partial charge on any atom is -0.497 e. The lowest BCUT2D eigenvalue weighted by molar-refractivity contribution is -0.127. The number of carbonyl (C=O) groups excluding carboxylic acids is 1. The molecule has 9 heteroatoms. The molecule has 0 saturated carbocycles. The van der Waals surface area contributed by atoms with E-state index in [1.165, 1.54) is 23.1 Å². The summed E-state index contributed by atoms with van der Waals surface area (Å²) in [5.74, 6) is 0.993. The molecule has 1 amide bonds. The van der Waals surface area contributed by atoms with Crippen molar-refractivity contribution in [2.75, 3.05) is 25.6 Å². The van der Waals surface area contributed by atoms with Gasteiger partial charge in [0, 0.05) is 19.3 Å². The average molecular weight is 325 g/mol. The number of pyridine rings is 1. The SMILES string of the molecule is COc1ccnc(CN(C)C(=O)CSc2nnc(N)s2)c1. The number of aromatic nitrogens is 3. The number of ether oxygens (including phenoxy) is 1. The molecule has 0 aliphatic rings. The Bertz CT molecular complexity index is 619. The molecule has 2 heterocycles. The van der Waals surface area contributed by atoms with Crippen molar-refractivity contribution in [2.24, 2.45) is 0 Å². The van der Waals surface area contributed by atoms with Gasteiger partial charge in [0.15, 0.2) is 4.34 Å². The van der Waals surface area contributed by atoms with Gasteiger partial charge in [0.2, 0.25) is 11.0 Å². The van der Waals surface area contributed by atoms with Crippen molar-refractivity contribution in [2.45, 2.75) is 10.9 Å². The minimum absolute atomic E-state index is 0.0154. The van der Waals surface area contributed by atoms with Crippen LogP contribution >= 0.6 is 23.1 Å². The molecule has 0 bridgehead atoms. The highest BCUT2D eigenvalue weighted by Gasteiger charge is 2.12. The first-order chi connectivity index (χ1) is 10.1. The third kappa shape index (κ3) is 4.57. The Morgan fingerprint density at radius 2 is 2.33 bits per heavy atom. The summed E-state index contributed by atoms with van der Waals surface area (Å²) < 4.78 is 5.82. The molecule has 2 N–H and O–H groups in total. The number of carbonyl (C=O) groups is 1. The van der Waals surface area contributed by atoms with Crippen LogP contribution in [0.3, 0.4) is 0 Å². The zero-order valence-corrected chi connectivity index (χ0v) is 13.3. The fourth-order valence-electron chi connectivity index (χ4n) is 1.51. The van der Waals surface area contributed by atoms with Gasteiger partial charge >= 0.3 is 0 Å². The van der Waals surface area contributed by atoms with E-state index in [-0.39, 0.29) is 11.7 Å². The number of hydrogen-bond donors (Lipinski definition) is 1. The lowest BCUT2D eigenvalue weighted by atomic mass is 10.3. The summed E-state index contributed by atoms with van der Waals surface area (Å²) in [4.78, 5) is 17.9. The van der Waals surface area contributed by atoms with Gasteiger partial charge in [-0.05, 0) is 6.07 Å². The van der Waals surface area contributed by atoms with E-state index in [4.69, 9.17) is 10.5 Å². The van der Waals surface area contributed by atoms with E-state index >= 15 is 0 Å². The van der Waals surface area contributed by atoms with E-state index in [0.29, 0.717) is 16.0 Å². The van der Waals surface area contributed by atoms with Crippen LogP contribution < -0.4 is 10.5 Å². The summed E-state index contributed by atoms with van der Waals surface area (Å²) >= 11 is 2.59. The molecule has 0 spiro atoms. The third-order valence-electron chi connectivity index (χ3n) is 2.59. The maximum absolute atomic E-state index is 12.1. The molecule has 0 saturated heterocycles. The second-order valence-corrected chi connectivity index (χ2v) is 6.36. The molecule has 0 aliphatic heterocycles. The van der Waals surface area contributed by atoms with Crippen molar-refractivity contribution in [1.82, 2.24) is 20.1 Å². The van der Waals surface area contributed by atoms with Crippen LogP contribution in [0, 0.1) is 0 Å². The lowest BCUT2D eigenvalue weighted by Gasteiger charge is -2.16. The largest absolute Gasteiger partial charge is 0.497 e. The lowest BCUT2D eigenvalue weighted by Crippen LogP contribution is -2.28. The summed E-state index contributed by atoms with van der Waals surface area (Å²) in [6.07, 6.45) is 1.66. The summed E-state index contributed by atoms with van der Waals surface area (Å²) in [6.45, 7) is 0.425. The van der Waals surface area contributed by atoms with Crippen LogP contribution in [0.4, 0.5) is 5.13 Å². The topological polar surface area (TPSA) is 94.2 Å². The normalized spacial score (nSPS) is 10.4. The van der Waals surface area contributed by atoms with E-state index in [0.717, 1.165) is 11.4 Å². The monoisotopic (exact) mass is 325 g/mol. The van der Waals surface area contributed by atoms with E-state index < -0.39 is 0 Å². The molecule has 0 unspecified atom stereocenters. The van der Waals surface area contributed by atoms with E-state index in [1.54, 1.807) is 31.3 Å². The minimum atomic E-state index is -0.0154. The molecule has 0 aromatic carbocycles. The second-order valence-electron chi connectivity index (χ2n) is 4.13. The number of nitrogens with two attached hydrogens (primary N) is 1. The molecule has 2 aromatic rings. The second kappa shape index (κ2) is 7.23. The molecule has 2 rings (SSSR count). The predicted molar refractivity (Wildman–Crippen MR) is 82.3 cm³/mol. The van der Waals surface area contributed by atoms with Gasteiger partial charge in [0.25, 0.3) is 0 Å². The Labute approximate surface area is 130 Å². The summed E-state index contributed by atoms with van der Waals surface area (Å²) in [5.41, 5.74) is 6.26. The Morgan fingerprint density at radius 1 is 1.52 bits per heavy atom. The molecule has 0 radical (unpaired) electrons. The zero-order chi connectivity index (χ0) is 15.2. The highest BCUT2D eigenvalue weighted by Crippen LogP contribution is 2.23. The number of nitrogens with zero attached hydrogens (tertiary/aromatic N) is 4. The number of anilines is 1. The standard InChI is InChI=1S/C12H15N5O2S2/c1-17(6-8-5-9(19-2)3-4-14-8)10(18)7-20-12-16-15-11(13)21-12/h3-5H,6-7H2,1-2H3,(H2,13,15). The molecule has 7 nitrogen and oxygen atoms in total. The maximum Gasteiger partial charge on any atom is 0.233 e. The van der Waals surface area contributed by atoms with Gasteiger partial charge in [-0.15, -0.1) is 10.2 Å². The number of thioether (sulfide) groups is 1. The summed E-state index contributed by atoms with van der Waals surface area (Å²) in [5, 5.41) is 7.97. The van der Waals surface area contributed by atoms with Gasteiger partial charge in [-0.25, -0.2) is 0 Å². The van der Waals surface area contributed by atoms with Crippen LogP contribution in [-0.4, -0.2) is 45.9 Å². The summed E-state index contributed by atoms with van der Waals surface area (Å²) in [6, 6.07) is 3.57. The van der Waals surface area contributed by atoms with Crippen LogP contribution in [0.1, 0.15) is 5.69 Å². The Balaban J connectivity index is 1.87. The Kier molecular flexibility index (Phi) is 5.34. The number of amides is 1. The fourth-order valence-corrected chi connectivity index (χ4v) is 3.09. The first-order valence-electron chi connectivity index (χ1n) is 6.03. The van der Waals surface area contributed by atoms with Crippen LogP contribution in [-0.2, 0) is 11.3 Å². The first-order valence-corrected chi connectivity index (χ1v) is 7.83. The van der Waals surface area contributed by atoms with Gasteiger partial charge < -0.3 is 15.4 Å². The number of rotatable bonds is 6.